The lowest BCUT2D eigenvalue weighted by Crippen LogP contribution is -2.45. The molecule has 0 unspecified atom stereocenters. The van der Waals surface area contributed by atoms with Crippen molar-refractivity contribution in [1.29, 1.82) is 0 Å². The second kappa shape index (κ2) is 11.3. The van der Waals surface area contributed by atoms with Gasteiger partial charge in [-0.1, -0.05) is 64.5 Å². The zero-order chi connectivity index (χ0) is 23.9. The molecule has 0 aliphatic carbocycles. The van der Waals surface area contributed by atoms with E-state index >= 15 is 0 Å². The fraction of sp³-hybridized carbons (Fsp3) is 0.286. The largest absolute Gasteiger partial charge is 0.371 e. The number of halogens is 1. The number of rotatable bonds is 7. The Kier molecular flexibility index (Phi) is 8.01. The van der Waals surface area contributed by atoms with Crippen LogP contribution in [0.5, 0.6) is 0 Å². The van der Waals surface area contributed by atoms with E-state index in [1.165, 1.54) is 0 Å². The van der Waals surface area contributed by atoms with Gasteiger partial charge < -0.3 is 15.1 Å². The number of piperidine rings is 1. The molecule has 1 fully saturated rings. The van der Waals surface area contributed by atoms with Crippen LogP contribution in [0.3, 0.4) is 0 Å². The predicted octanol–water partition coefficient (Wildman–Crippen LogP) is 5.51. The molecule has 0 saturated carbocycles. The van der Waals surface area contributed by atoms with Gasteiger partial charge in [-0.05, 0) is 55.7 Å². The summed E-state index contributed by atoms with van der Waals surface area (Å²) in [4.78, 5) is 30.3. The lowest BCUT2D eigenvalue weighted by Gasteiger charge is -2.35. The molecule has 1 N–H and O–H groups in total. The van der Waals surface area contributed by atoms with Crippen LogP contribution >= 0.6 is 15.9 Å². The van der Waals surface area contributed by atoms with Crippen LogP contribution in [-0.2, 0) is 6.54 Å². The van der Waals surface area contributed by atoms with Gasteiger partial charge in [0.15, 0.2) is 0 Å². The quantitative estimate of drug-likeness (QED) is 0.447. The van der Waals surface area contributed by atoms with E-state index in [4.69, 9.17) is 0 Å². The number of nitrogens with zero attached hydrogens (tertiary/aromatic N) is 2. The maximum atomic E-state index is 13.5. The lowest BCUT2D eigenvalue weighted by molar-refractivity contribution is 0.0753. The molecule has 3 aromatic carbocycles. The van der Waals surface area contributed by atoms with Gasteiger partial charge in [-0.2, -0.15) is 0 Å². The number of hydrogen-bond donors (Lipinski definition) is 1. The van der Waals surface area contributed by atoms with E-state index in [1.54, 1.807) is 0 Å². The Labute approximate surface area is 209 Å². The third-order valence-electron chi connectivity index (χ3n) is 6.28. The van der Waals surface area contributed by atoms with Gasteiger partial charge in [-0.25, -0.2) is 0 Å². The number of hydrogen-bond acceptors (Lipinski definition) is 3. The summed E-state index contributed by atoms with van der Waals surface area (Å²) >= 11 is 3.42. The monoisotopic (exact) mass is 519 g/mol. The summed E-state index contributed by atoms with van der Waals surface area (Å²) in [6.07, 6.45) is 1.67. The topological polar surface area (TPSA) is 52.7 Å². The first-order valence-corrected chi connectivity index (χ1v) is 12.6. The van der Waals surface area contributed by atoms with Crippen LogP contribution in [0.25, 0.3) is 0 Å². The van der Waals surface area contributed by atoms with Crippen molar-refractivity contribution in [1.82, 2.24) is 10.2 Å². The molecule has 0 spiro atoms. The van der Waals surface area contributed by atoms with Crippen molar-refractivity contribution in [2.75, 3.05) is 24.5 Å². The highest BCUT2D eigenvalue weighted by Crippen LogP contribution is 2.26. The zero-order valence-corrected chi connectivity index (χ0v) is 21.0. The molecule has 6 heteroatoms. The number of amides is 2. The van der Waals surface area contributed by atoms with Gasteiger partial charge in [0.2, 0.25) is 0 Å². The summed E-state index contributed by atoms with van der Waals surface area (Å²) in [5.41, 5.74) is 3.48. The minimum Gasteiger partial charge on any atom is -0.371 e. The fourth-order valence-electron chi connectivity index (χ4n) is 4.39. The number of para-hydroxylation sites is 1. The lowest BCUT2D eigenvalue weighted by atomic mass is 10.0. The van der Waals surface area contributed by atoms with Crippen LogP contribution in [0, 0.1) is 0 Å². The summed E-state index contributed by atoms with van der Waals surface area (Å²) in [7, 11) is 0. The van der Waals surface area contributed by atoms with Crippen LogP contribution in [0.2, 0.25) is 0 Å². The van der Waals surface area contributed by atoms with E-state index in [0.717, 1.165) is 47.2 Å². The third-order valence-corrected chi connectivity index (χ3v) is 6.77. The minimum atomic E-state index is -0.0465. The highest BCUT2D eigenvalue weighted by atomic mass is 79.9. The third kappa shape index (κ3) is 5.86. The van der Waals surface area contributed by atoms with Crippen molar-refractivity contribution in [3.05, 3.63) is 100 Å². The van der Waals surface area contributed by atoms with Gasteiger partial charge in [0.1, 0.15) is 0 Å². The number of carbonyl (C=O) groups excluding carboxylic acids is 2. The first-order valence-electron chi connectivity index (χ1n) is 11.8. The Morgan fingerprint density at radius 3 is 2.38 bits per heavy atom. The number of nitrogens with one attached hydrogen (secondary N) is 1. The van der Waals surface area contributed by atoms with Crippen molar-refractivity contribution in [3.63, 3.8) is 0 Å². The molecule has 176 valence electrons. The Morgan fingerprint density at radius 2 is 1.68 bits per heavy atom. The number of benzene rings is 3. The maximum Gasteiger partial charge on any atom is 0.256 e. The van der Waals surface area contributed by atoms with Gasteiger partial charge in [0.05, 0.1) is 5.56 Å². The van der Waals surface area contributed by atoms with Crippen molar-refractivity contribution in [2.45, 2.75) is 32.4 Å². The maximum absolute atomic E-state index is 13.5. The molecule has 3 aromatic rings. The van der Waals surface area contributed by atoms with Gasteiger partial charge in [-0.15, -0.1) is 0 Å². The summed E-state index contributed by atoms with van der Waals surface area (Å²) in [5, 5.41) is 3.16. The molecule has 1 aliphatic heterocycles. The number of anilines is 1. The van der Waals surface area contributed by atoms with E-state index in [1.807, 2.05) is 78.6 Å². The van der Waals surface area contributed by atoms with E-state index in [9.17, 15) is 9.59 Å². The molecule has 0 atom stereocenters. The van der Waals surface area contributed by atoms with Crippen molar-refractivity contribution >= 4 is 33.4 Å². The minimum absolute atomic E-state index is 0.0465. The van der Waals surface area contributed by atoms with Gasteiger partial charge in [0.25, 0.3) is 11.8 Å². The van der Waals surface area contributed by atoms with Crippen LogP contribution < -0.4 is 10.2 Å². The Morgan fingerprint density at radius 1 is 0.971 bits per heavy atom. The van der Waals surface area contributed by atoms with Crippen molar-refractivity contribution < 1.29 is 9.59 Å². The van der Waals surface area contributed by atoms with Crippen LogP contribution in [0.15, 0.2) is 83.3 Å². The van der Waals surface area contributed by atoms with E-state index in [2.05, 4.69) is 38.3 Å². The van der Waals surface area contributed by atoms with E-state index in [0.29, 0.717) is 18.7 Å². The molecular weight excluding hydrogens is 490 g/mol. The zero-order valence-electron chi connectivity index (χ0n) is 19.4. The first kappa shape index (κ1) is 24.0. The van der Waals surface area contributed by atoms with Crippen molar-refractivity contribution in [3.8, 4) is 0 Å². The average molecular weight is 520 g/mol. The highest BCUT2D eigenvalue weighted by molar-refractivity contribution is 9.10. The molecule has 0 radical (unpaired) electrons. The van der Waals surface area contributed by atoms with Crippen molar-refractivity contribution in [2.24, 2.45) is 0 Å². The Bertz CT molecular complexity index is 1130. The molecular formula is C28H30BrN3O2. The Balaban J connectivity index is 1.41. The number of carbonyl (C=O) groups is 2. The van der Waals surface area contributed by atoms with Crippen LogP contribution in [0.4, 0.5) is 5.69 Å². The molecule has 2 amide bonds. The average Bonchev–Trinajstić information content (AvgIpc) is 2.88. The second-order valence-electron chi connectivity index (χ2n) is 8.57. The van der Waals surface area contributed by atoms with Gasteiger partial charge in [-0.3, -0.25) is 9.59 Å². The van der Waals surface area contributed by atoms with Gasteiger partial charge in [0, 0.05) is 47.9 Å². The van der Waals surface area contributed by atoms with E-state index in [-0.39, 0.29) is 17.9 Å². The first-order chi connectivity index (χ1) is 16.5. The molecule has 0 bridgehead atoms. The molecule has 0 aromatic heterocycles. The molecule has 5 nitrogen and oxygen atoms in total. The standard InChI is InChI=1S/C28H30BrN3O2/c1-2-31(20-21-9-4-3-5-10-21)28(34)25-13-6-7-14-26(25)32-17-15-24(16-18-32)30-27(33)22-11-8-12-23(29)19-22/h3-14,19,24H,2,15-18,20H2,1H3,(H,30,33). The fourth-order valence-corrected chi connectivity index (χ4v) is 4.79. The summed E-state index contributed by atoms with van der Waals surface area (Å²) < 4.78 is 0.893. The summed E-state index contributed by atoms with van der Waals surface area (Å²) in [6.45, 7) is 4.83. The van der Waals surface area contributed by atoms with Crippen LogP contribution in [-0.4, -0.2) is 42.4 Å². The van der Waals surface area contributed by atoms with E-state index < -0.39 is 0 Å². The highest BCUT2D eigenvalue weighted by Gasteiger charge is 2.25. The molecule has 1 heterocycles. The van der Waals surface area contributed by atoms with Gasteiger partial charge >= 0.3 is 0 Å². The molecule has 4 rings (SSSR count). The molecule has 1 aliphatic rings. The SMILES string of the molecule is CCN(Cc1ccccc1)C(=O)c1ccccc1N1CCC(NC(=O)c2cccc(Br)c2)CC1. The smallest absolute Gasteiger partial charge is 0.256 e. The summed E-state index contributed by atoms with van der Waals surface area (Å²) in [6, 6.07) is 25.5. The molecule has 1 saturated heterocycles. The predicted molar refractivity (Wildman–Crippen MR) is 140 cm³/mol. The second-order valence-corrected chi connectivity index (χ2v) is 9.48. The summed E-state index contributed by atoms with van der Waals surface area (Å²) in [5.74, 6) is 0.00172. The van der Waals surface area contributed by atoms with Crippen LogP contribution in [0.1, 0.15) is 46.0 Å². The Hall–Kier alpha value is -3.12. The molecule has 34 heavy (non-hydrogen) atoms. The normalized spacial score (nSPS) is 14.0.